The highest BCUT2D eigenvalue weighted by atomic mass is 16.5. The minimum atomic E-state index is -1.13. The van der Waals surface area contributed by atoms with E-state index >= 15 is 0 Å². The van der Waals surface area contributed by atoms with E-state index in [1.165, 1.54) is 23.9 Å². The molecular weight excluding hydrogens is 314 g/mol. The number of anilines is 2. The first-order valence-corrected chi connectivity index (χ1v) is 7.15. The van der Waals surface area contributed by atoms with Crippen molar-refractivity contribution in [2.45, 2.75) is 0 Å². The van der Waals surface area contributed by atoms with Gasteiger partial charge in [0.05, 0.1) is 6.54 Å². The summed E-state index contributed by atoms with van der Waals surface area (Å²) in [5.41, 5.74) is 1.23. The summed E-state index contributed by atoms with van der Waals surface area (Å²) >= 11 is 0. The number of rotatable bonds is 2. The van der Waals surface area contributed by atoms with Gasteiger partial charge < -0.3 is 20.1 Å². The van der Waals surface area contributed by atoms with Crippen molar-refractivity contribution in [1.29, 1.82) is 5.41 Å². The zero-order chi connectivity index (χ0) is 17.3. The van der Waals surface area contributed by atoms with E-state index in [2.05, 4.69) is 10.3 Å². The third-order valence-corrected chi connectivity index (χ3v) is 3.59. The fourth-order valence-corrected chi connectivity index (χ4v) is 2.44. The van der Waals surface area contributed by atoms with Crippen molar-refractivity contribution < 1.29 is 19.4 Å². The predicted molar refractivity (Wildman–Crippen MR) is 83.8 cm³/mol. The number of ether oxygens (including phenoxy) is 1. The molecule has 3 N–H and O–H groups in total. The molecule has 2 aromatic heterocycles. The molecule has 3 rings (SSSR count). The van der Waals surface area contributed by atoms with E-state index in [-0.39, 0.29) is 17.1 Å². The van der Waals surface area contributed by atoms with Gasteiger partial charge in [-0.3, -0.25) is 9.98 Å². The van der Waals surface area contributed by atoms with E-state index in [0.29, 0.717) is 24.5 Å². The minimum Gasteiger partial charge on any atom is -0.477 e. The molecule has 1 amide bonds. The van der Waals surface area contributed by atoms with E-state index in [1.54, 1.807) is 18.2 Å². The Morgan fingerprint density at radius 3 is 2.83 bits per heavy atom. The smallest absolute Gasteiger partial charge is 0.354 e. The summed E-state index contributed by atoms with van der Waals surface area (Å²) in [6.07, 6.45) is 1.50. The van der Waals surface area contributed by atoms with Crippen molar-refractivity contribution in [3.05, 3.63) is 41.6 Å². The maximum Gasteiger partial charge on any atom is 0.354 e. The number of carbonyl (C=O) groups excluding carboxylic acids is 1. The summed E-state index contributed by atoms with van der Waals surface area (Å²) in [5.74, 6) is -0.894. The normalized spacial score (nSPS) is 13.0. The van der Waals surface area contributed by atoms with Crippen molar-refractivity contribution in [1.82, 2.24) is 14.9 Å². The molecule has 1 aliphatic rings. The minimum absolute atomic E-state index is 0.0232. The molecule has 0 aromatic carbocycles. The van der Waals surface area contributed by atoms with Gasteiger partial charge >= 0.3 is 12.0 Å². The Kier molecular flexibility index (Phi) is 3.90. The third-order valence-electron chi connectivity index (χ3n) is 3.59. The largest absolute Gasteiger partial charge is 0.477 e. The molecule has 3 heterocycles. The maximum absolute atomic E-state index is 11.7. The molecule has 0 bridgehead atoms. The van der Waals surface area contributed by atoms with Gasteiger partial charge in [0.1, 0.15) is 17.8 Å². The molecule has 0 atom stereocenters. The van der Waals surface area contributed by atoms with Crippen LogP contribution in [0.1, 0.15) is 10.5 Å². The molecule has 124 valence electrons. The van der Waals surface area contributed by atoms with Gasteiger partial charge in [-0.1, -0.05) is 0 Å². The average molecular weight is 329 g/mol. The molecule has 0 fully saturated rings. The molecule has 0 saturated heterocycles. The van der Waals surface area contributed by atoms with Crippen molar-refractivity contribution in [3.8, 4) is 5.88 Å². The molecule has 0 spiro atoms. The second-order valence-electron chi connectivity index (χ2n) is 5.02. The van der Waals surface area contributed by atoms with E-state index < -0.39 is 12.0 Å². The summed E-state index contributed by atoms with van der Waals surface area (Å²) < 4.78 is 6.62. The quantitative estimate of drug-likeness (QED) is 0.749. The number of carbonyl (C=O) groups is 2. The van der Waals surface area contributed by atoms with Gasteiger partial charge in [0.2, 0.25) is 5.88 Å². The summed E-state index contributed by atoms with van der Waals surface area (Å²) in [6, 6.07) is 5.87. The number of hydrogen-bond acceptors (Lipinski definition) is 6. The fourth-order valence-electron chi connectivity index (χ4n) is 2.44. The lowest BCUT2D eigenvalue weighted by atomic mass is 10.2. The molecule has 0 unspecified atom stereocenters. The van der Waals surface area contributed by atoms with E-state index in [9.17, 15) is 9.59 Å². The summed E-state index contributed by atoms with van der Waals surface area (Å²) in [7, 11) is 1.49. The number of nitrogens with one attached hydrogen (secondary N) is 2. The van der Waals surface area contributed by atoms with Crippen LogP contribution in [0, 0.1) is 5.41 Å². The van der Waals surface area contributed by atoms with Crippen LogP contribution in [-0.2, 0) is 0 Å². The van der Waals surface area contributed by atoms with Crippen molar-refractivity contribution in [2.24, 2.45) is 0 Å². The number of carboxylic acids is 1. The first kappa shape index (κ1) is 15.5. The Labute approximate surface area is 136 Å². The number of pyridine rings is 2. The Morgan fingerprint density at radius 1 is 1.38 bits per heavy atom. The van der Waals surface area contributed by atoms with Crippen LogP contribution in [0.2, 0.25) is 0 Å². The molecule has 2 aromatic rings. The molecule has 0 saturated carbocycles. The molecule has 9 nitrogen and oxygen atoms in total. The summed E-state index contributed by atoms with van der Waals surface area (Å²) in [6.45, 7) is 0.852. The topological polar surface area (TPSA) is 121 Å². The second kappa shape index (κ2) is 6.03. The zero-order valence-corrected chi connectivity index (χ0v) is 12.8. The highest BCUT2D eigenvalue weighted by Gasteiger charge is 2.23. The monoisotopic (exact) mass is 329 g/mol. The zero-order valence-electron chi connectivity index (χ0n) is 12.8. The molecule has 0 aliphatic carbocycles. The number of aromatic nitrogens is 2. The predicted octanol–water partition coefficient (Wildman–Crippen LogP) is 0.779. The van der Waals surface area contributed by atoms with Gasteiger partial charge in [-0.05, 0) is 18.2 Å². The van der Waals surface area contributed by atoms with Gasteiger partial charge in [0.25, 0.3) is 0 Å². The van der Waals surface area contributed by atoms with E-state index in [0.717, 1.165) is 0 Å². The van der Waals surface area contributed by atoms with Crippen LogP contribution >= 0.6 is 0 Å². The Morgan fingerprint density at radius 2 is 2.17 bits per heavy atom. The first-order chi connectivity index (χ1) is 11.5. The Bertz CT molecular complexity index is 876. The summed E-state index contributed by atoms with van der Waals surface area (Å²) in [4.78, 5) is 28.5. The molecule has 1 aliphatic heterocycles. The van der Waals surface area contributed by atoms with Gasteiger partial charge in [0, 0.05) is 25.0 Å². The van der Waals surface area contributed by atoms with Crippen LogP contribution in [-0.4, -0.2) is 46.9 Å². The lowest BCUT2D eigenvalue weighted by Gasteiger charge is -2.30. The van der Waals surface area contributed by atoms with Gasteiger partial charge in [-0.15, -0.1) is 0 Å². The molecule has 24 heavy (non-hydrogen) atoms. The highest BCUT2D eigenvalue weighted by molar-refractivity contribution is 5.86. The molecule has 0 radical (unpaired) electrons. The van der Waals surface area contributed by atoms with Gasteiger partial charge in [-0.2, -0.15) is 0 Å². The number of amides is 1. The lowest BCUT2D eigenvalue weighted by Crippen LogP contribution is -2.35. The van der Waals surface area contributed by atoms with Crippen molar-refractivity contribution >= 4 is 23.4 Å². The number of hydrogen-bond donors (Lipinski definition) is 3. The standard InChI is InChI=1S/C15H15N5O4/c1-17-15(23)20-5-4-9(8-12(20)16)19-6-7-24-13-11(19)3-2-10(18-13)14(21)22/h2-5,8,16H,6-7H2,1H3,(H,17,23)(H,21,22). The third kappa shape index (κ3) is 2.67. The van der Waals surface area contributed by atoms with Crippen LogP contribution in [0.15, 0.2) is 30.5 Å². The number of carboxylic acid groups (broad SMARTS) is 1. The van der Waals surface area contributed by atoms with Crippen LogP contribution < -0.4 is 20.4 Å². The Hall–Kier alpha value is -3.36. The summed E-state index contributed by atoms with van der Waals surface area (Å²) in [5, 5.41) is 19.5. The van der Waals surface area contributed by atoms with Gasteiger partial charge in [0.15, 0.2) is 5.69 Å². The van der Waals surface area contributed by atoms with E-state index in [4.69, 9.17) is 15.3 Å². The molecule has 9 heteroatoms. The first-order valence-electron chi connectivity index (χ1n) is 7.15. The fraction of sp³-hybridized carbons (Fsp3) is 0.200. The number of nitrogens with zero attached hydrogens (tertiary/aromatic N) is 3. The van der Waals surface area contributed by atoms with Crippen molar-refractivity contribution in [2.75, 3.05) is 25.1 Å². The van der Waals surface area contributed by atoms with Crippen molar-refractivity contribution in [3.63, 3.8) is 0 Å². The maximum atomic E-state index is 11.7. The molecular formula is C15H15N5O4. The van der Waals surface area contributed by atoms with E-state index in [1.807, 2.05) is 4.90 Å². The average Bonchev–Trinajstić information content (AvgIpc) is 2.59. The lowest BCUT2D eigenvalue weighted by molar-refractivity contribution is 0.0689. The van der Waals surface area contributed by atoms with Crippen LogP contribution in [0.25, 0.3) is 0 Å². The Balaban J connectivity index is 2.01. The van der Waals surface area contributed by atoms with Gasteiger partial charge in [-0.25, -0.2) is 14.6 Å². The second-order valence-corrected chi connectivity index (χ2v) is 5.02. The van der Waals surface area contributed by atoms with Crippen LogP contribution in [0.5, 0.6) is 5.88 Å². The number of fused-ring (bicyclic) bond motifs is 1. The SMILES string of the molecule is CNC(=O)n1ccc(N2CCOc3nc(C(=O)O)ccc32)cc1=N. The van der Waals surface area contributed by atoms with Crippen LogP contribution in [0.3, 0.4) is 0 Å². The number of aromatic carboxylic acids is 1. The van der Waals surface area contributed by atoms with Crippen LogP contribution in [0.4, 0.5) is 16.2 Å². The highest BCUT2D eigenvalue weighted by Crippen LogP contribution is 2.34.